The lowest BCUT2D eigenvalue weighted by molar-refractivity contribution is 0.111. The van der Waals surface area contributed by atoms with E-state index in [1.807, 2.05) is 0 Å². The molecule has 3 radical (unpaired) electrons. The first-order valence-electron chi connectivity index (χ1n) is 11.5. The highest BCUT2D eigenvalue weighted by atomic mass is 19.1. The summed E-state index contributed by atoms with van der Waals surface area (Å²) < 4.78 is 38.7. The second-order valence-corrected chi connectivity index (χ2v) is 8.18. The molecule has 0 amide bonds. The van der Waals surface area contributed by atoms with Crippen molar-refractivity contribution in [2.24, 2.45) is 5.16 Å². The third-order valence-corrected chi connectivity index (χ3v) is 5.93. The average molecular weight is 538 g/mol. The van der Waals surface area contributed by atoms with Crippen LogP contribution in [0, 0.1) is 11.6 Å². The van der Waals surface area contributed by atoms with E-state index in [0.717, 1.165) is 6.21 Å². The molecule has 6 rings (SSSR count). The van der Waals surface area contributed by atoms with Gasteiger partial charge in [0.15, 0.2) is 6.29 Å². The molecule has 4 heterocycles. The fourth-order valence-electron chi connectivity index (χ4n) is 4.27. The summed E-state index contributed by atoms with van der Waals surface area (Å²) in [5, 5.41) is 13.3. The van der Waals surface area contributed by atoms with E-state index >= 15 is 0 Å². The van der Waals surface area contributed by atoms with Crippen LogP contribution in [-0.2, 0) is 0 Å². The summed E-state index contributed by atoms with van der Waals surface area (Å²) >= 11 is 0. The Bertz CT molecular complexity index is 1920. The van der Waals surface area contributed by atoms with E-state index in [2.05, 4.69) is 25.1 Å². The van der Waals surface area contributed by atoms with Gasteiger partial charge >= 0.3 is 0 Å². The van der Waals surface area contributed by atoms with Gasteiger partial charge in [0, 0.05) is 43.7 Å². The maximum Gasteiger partial charge on any atom is 0.168 e. The number of fused-ring (bicyclic) bond motifs is 6. The lowest BCUT2D eigenvalue weighted by Gasteiger charge is -2.09. The van der Waals surface area contributed by atoms with Crippen LogP contribution in [0.1, 0.15) is 16.2 Å². The Hall–Kier alpha value is -5.26. The van der Waals surface area contributed by atoms with Crippen molar-refractivity contribution in [2.45, 2.75) is 0 Å². The summed E-state index contributed by atoms with van der Waals surface area (Å²) in [6.45, 7) is 0. The molecule has 9 nitrogen and oxygen atoms in total. The van der Waals surface area contributed by atoms with Gasteiger partial charge in [-0.25, -0.2) is 18.7 Å². The molecule has 0 aliphatic heterocycles. The van der Waals surface area contributed by atoms with Crippen LogP contribution in [0.2, 0.25) is 0 Å². The zero-order valence-electron chi connectivity index (χ0n) is 21.2. The van der Waals surface area contributed by atoms with Crippen molar-refractivity contribution in [1.82, 2.24) is 19.9 Å². The van der Waals surface area contributed by atoms with Gasteiger partial charge in [-0.05, 0) is 24.3 Å². The van der Waals surface area contributed by atoms with Crippen molar-refractivity contribution < 1.29 is 28.3 Å². The van der Waals surface area contributed by atoms with Crippen molar-refractivity contribution in [3.05, 3.63) is 83.9 Å². The lowest BCUT2D eigenvalue weighted by Crippen LogP contribution is -1.97. The highest BCUT2D eigenvalue weighted by Gasteiger charge is 2.16. The number of rotatable bonds is 4. The van der Waals surface area contributed by atoms with Crippen molar-refractivity contribution in [2.75, 3.05) is 14.2 Å². The minimum absolute atomic E-state index is 0. The molecule has 0 bridgehead atoms. The van der Waals surface area contributed by atoms with Gasteiger partial charge in [0.25, 0.3) is 0 Å². The number of carbonyl (C=O) groups excluding carboxylic acids is 1. The standard InChI is InChI=1S/C14H10FN3O2.C14H9FN2O2.B/c1-20-11-6-9(7-17-19)18-14-12(11)10(15)5-8-3-2-4-16-13(8)14;1-19-11-6-9(7-18)17-14-12(11)10(15)5-8-3-2-4-16-13(8)14;/h2-7,19H,1H3;2-7H,1H3;/b17-7+;;. The van der Waals surface area contributed by atoms with Gasteiger partial charge in [0.05, 0.1) is 47.9 Å². The van der Waals surface area contributed by atoms with Crippen molar-refractivity contribution in [3.63, 3.8) is 0 Å². The van der Waals surface area contributed by atoms with Gasteiger partial charge in [-0.2, -0.15) is 0 Å². The molecule has 0 aliphatic rings. The summed E-state index contributed by atoms with van der Waals surface area (Å²) in [5.41, 5.74) is 2.35. The smallest absolute Gasteiger partial charge is 0.168 e. The van der Waals surface area contributed by atoms with E-state index < -0.39 is 11.6 Å². The topological polar surface area (TPSA) is 120 Å². The molecule has 0 unspecified atom stereocenters. The van der Waals surface area contributed by atoms with E-state index in [0.29, 0.717) is 50.6 Å². The number of nitrogens with zero attached hydrogens (tertiary/aromatic N) is 5. The average Bonchev–Trinajstić information content (AvgIpc) is 2.96. The van der Waals surface area contributed by atoms with E-state index in [1.165, 1.54) is 38.5 Å². The highest BCUT2D eigenvalue weighted by Crippen LogP contribution is 2.33. The van der Waals surface area contributed by atoms with Crippen LogP contribution in [0.4, 0.5) is 8.78 Å². The van der Waals surface area contributed by atoms with E-state index in [-0.39, 0.29) is 30.6 Å². The largest absolute Gasteiger partial charge is 0.496 e. The molecular formula is C28H19BF2N5O4. The lowest BCUT2D eigenvalue weighted by atomic mass is 10.1. The molecule has 197 valence electrons. The first-order valence-corrected chi connectivity index (χ1v) is 11.5. The molecule has 0 atom stereocenters. The Morgan fingerprint density at radius 1 is 0.775 bits per heavy atom. The Kier molecular flexibility index (Phi) is 8.08. The molecule has 0 saturated heterocycles. The predicted octanol–water partition coefficient (Wildman–Crippen LogP) is 5.10. The number of halogens is 2. The molecule has 0 fully saturated rings. The summed E-state index contributed by atoms with van der Waals surface area (Å²) in [4.78, 5) is 27.8. The number of aromatic nitrogens is 4. The molecule has 40 heavy (non-hydrogen) atoms. The number of aldehydes is 1. The zero-order valence-corrected chi connectivity index (χ0v) is 21.2. The number of hydrogen-bond donors (Lipinski definition) is 1. The SMILES string of the molecule is COc1cc(/C=N/O)nc2c1c(F)cc1cccnc12.COc1cc(C=O)nc2c1c(F)cc1cccnc12.[B]. The number of oxime groups is 1. The summed E-state index contributed by atoms with van der Waals surface area (Å²) in [6, 6.07) is 12.6. The number of carbonyl (C=O) groups is 1. The van der Waals surface area contributed by atoms with Crippen LogP contribution in [0.15, 0.2) is 66.1 Å². The Labute approximate surface area is 227 Å². The summed E-state index contributed by atoms with van der Waals surface area (Å²) in [5.74, 6) is -0.290. The Morgan fingerprint density at radius 3 is 1.70 bits per heavy atom. The summed E-state index contributed by atoms with van der Waals surface area (Å²) in [6.07, 6.45) is 4.96. The van der Waals surface area contributed by atoms with Crippen LogP contribution in [0.3, 0.4) is 0 Å². The quantitative estimate of drug-likeness (QED) is 0.0823. The minimum Gasteiger partial charge on any atom is -0.496 e. The molecule has 2 aromatic carbocycles. The Morgan fingerprint density at radius 2 is 1.25 bits per heavy atom. The zero-order chi connectivity index (χ0) is 27.5. The summed E-state index contributed by atoms with van der Waals surface area (Å²) in [7, 11) is 2.86. The Balaban J connectivity index is 0.000000181. The van der Waals surface area contributed by atoms with Crippen molar-refractivity contribution in [3.8, 4) is 11.5 Å². The van der Waals surface area contributed by atoms with Crippen molar-refractivity contribution in [1.29, 1.82) is 0 Å². The first-order chi connectivity index (χ1) is 19.0. The second kappa shape index (κ2) is 11.6. The molecule has 0 saturated carbocycles. The third-order valence-electron chi connectivity index (χ3n) is 5.93. The maximum absolute atomic E-state index is 14.3. The van der Waals surface area contributed by atoms with E-state index in [1.54, 1.807) is 36.7 Å². The van der Waals surface area contributed by atoms with E-state index in [4.69, 9.17) is 14.7 Å². The molecule has 6 aromatic rings. The first kappa shape index (κ1) is 27.8. The molecule has 0 spiro atoms. The van der Waals surface area contributed by atoms with Gasteiger partial charge in [0.1, 0.15) is 39.9 Å². The van der Waals surface area contributed by atoms with Gasteiger partial charge in [0.2, 0.25) is 0 Å². The number of hydrogen-bond acceptors (Lipinski definition) is 9. The maximum atomic E-state index is 14.3. The molecule has 12 heteroatoms. The van der Waals surface area contributed by atoms with Gasteiger partial charge in [-0.3, -0.25) is 14.8 Å². The highest BCUT2D eigenvalue weighted by molar-refractivity contribution is 6.07. The van der Waals surface area contributed by atoms with Crippen LogP contribution in [0.5, 0.6) is 11.5 Å². The van der Waals surface area contributed by atoms with Crippen LogP contribution in [0.25, 0.3) is 43.6 Å². The number of ether oxygens (including phenoxy) is 2. The fraction of sp³-hybridized carbons (Fsp3) is 0.0714. The molecule has 1 N–H and O–H groups in total. The molecule has 4 aromatic heterocycles. The minimum atomic E-state index is -0.447. The fourth-order valence-corrected chi connectivity index (χ4v) is 4.27. The third kappa shape index (κ3) is 4.94. The van der Waals surface area contributed by atoms with Crippen molar-refractivity contribution >= 4 is 64.5 Å². The number of pyridine rings is 4. The van der Waals surface area contributed by atoms with Gasteiger partial charge in [-0.1, -0.05) is 17.3 Å². The van der Waals surface area contributed by atoms with E-state index in [9.17, 15) is 13.6 Å². The normalized spacial score (nSPS) is 10.9. The van der Waals surface area contributed by atoms with Gasteiger partial charge < -0.3 is 14.7 Å². The predicted molar refractivity (Wildman–Crippen MR) is 148 cm³/mol. The second-order valence-electron chi connectivity index (χ2n) is 8.18. The van der Waals surface area contributed by atoms with Crippen LogP contribution < -0.4 is 9.47 Å². The number of methoxy groups -OCH3 is 2. The molecular weight excluding hydrogens is 519 g/mol. The number of benzene rings is 2. The van der Waals surface area contributed by atoms with Crippen LogP contribution in [-0.4, -0.2) is 60.3 Å². The monoisotopic (exact) mass is 538 g/mol. The van der Waals surface area contributed by atoms with Gasteiger partial charge in [-0.15, -0.1) is 0 Å². The molecule has 0 aliphatic carbocycles. The van der Waals surface area contributed by atoms with Crippen LogP contribution >= 0.6 is 0 Å².